The molecule has 5 heteroatoms. The second-order valence-electron chi connectivity index (χ2n) is 3.25. The van der Waals surface area contributed by atoms with Gasteiger partial charge < -0.3 is 10.4 Å². The van der Waals surface area contributed by atoms with Crippen molar-refractivity contribution in [2.24, 2.45) is 5.92 Å². The van der Waals surface area contributed by atoms with E-state index in [0.29, 0.717) is 6.54 Å². The molecular formula is C10H11BrINO2. The molecular weight excluding hydrogens is 373 g/mol. The lowest BCUT2D eigenvalue weighted by Crippen LogP contribution is -2.19. The minimum absolute atomic E-state index is 0.383. The molecule has 1 aromatic rings. The second kappa shape index (κ2) is 5.69. The van der Waals surface area contributed by atoms with Crippen LogP contribution in [0.1, 0.15) is 6.92 Å². The molecule has 0 aromatic heterocycles. The maximum atomic E-state index is 10.6. The minimum atomic E-state index is -0.783. The van der Waals surface area contributed by atoms with Crippen molar-refractivity contribution in [3.05, 3.63) is 26.2 Å². The molecule has 0 aliphatic rings. The molecule has 3 nitrogen and oxygen atoms in total. The van der Waals surface area contributed by atoms with Crippen LogP contribution in [0.2, 0.25) is 0 Å². The number of carbonyl (C=O) groups is 1. The van der Waals surface area contributed by atoms with Gasteiger partial charge in [-0.2, -0.15) is 0 Å². The van der Waals surface area contributed by atoms with E-state index in [4.69, 9.17) is 5.11 Å². The Morgan fingerprint density at radius 1 is 1.67 bits per heavy atom. The maximum Gasteiger partial charge on any atom is 0.308 e. The Labute approximate surface area is 111 Å². The number of benzene rings is 1. The highest BCUT2D eigenvalue weighted by molar-refractivity contribution is 14.1. The predicted molar refractivity (Wildman–Crippen MR) is 72.1 cm³/mol. The quantitative estimate of drug-likeness (QED) is 0.785. The Morgan fingerprint density at radius 3 is 2.87 bits per heavy atom. The fourth-order valence-corrected chi connectivity index (χ4v) is 1.73. The van der Waals surface area contributed by atoms with E-state index >= 15 is 0 Å². The van der Waals surface area contributed by atoms with E-state index < -0.39 is 5.97 Å². The third-order valence-electron chi connectivity index (χ3n) is 1.95. The lowest BCUT2D eigenvalue weighted by atomic mass is 10.2. The van der Waals surface area contributed by atoms with Crippen molar-refractivity contribution in [1.82, 2.24) is 0 Å². The van der Waals surface area contributed by atoms with Gasteiger partial charge in [0.1, 0.15) is 0 Å². The van der Waals surface area contributed by atoms with Crippen LogP contribution >= 0.6 is 38.5 Å². The molecule has 1 atom stereocenters. The monoisotopic (exact) mass is 383 g/mol. The summed E-state index contributed by atoms with van der Waals surface area (Å²) in [7, 11) is 0. The van der Waals surface area contributed by atoms with Crippen LogP contribution in [0.15, 0.2) is 22.7 Å². The van der Waals surface area contributed by atoms with Gasteiger partial charge in [-0.05, 0) is 56.7 Å². The van der Waals surface area contributed by atoms with Gasteiger partial charge in [0.15, 0.2) is 0 Å². The predicted octanol–water partition coefficient (Wildman–Crippen LogP) is 3.19. The van der Waals surface area contributed by atoms with Gasteiger partial charge in [-0.3, -0.25) is 4.79 Å². The SMILES string of the molecule is CC(CNc1ccc(Br)c(I)c1)C(=O)O. The first kappa shape index (κ1) is 12.8. The van der Waals surface area contributed by atoms with Crippen molar-refractivity contribution in [3.63, 3.8) is 0 Å². The number of aliphatic carboxylic acids is 1. The zero-order valence-electron chi connectivity index (χ0n) is 8.13. The molecule has 82 valence electrons. The largest absolute Gasteiger partial charge is 0.481 e. The molecule has 0 saturated carbocycles. The van der Waals surface area contributed by atoms with Crippen molar-refractivity contribution >= 4 is 50.2 Å². The molecule has 0 bridgehead atoms. The Morgan fingerprint density at radius 2 is 2.33 bits per heavy atom. The van der Waals surface area contributed by atoms with Gasteiger partial charge >= 0.3 is 5.97 Å². The lowest BCUT2D eigenvalue weighted by molar-refractivity contribution is -0.140. The molecule has 1 unspecified atom stereocenters. The first-order chi connectivity index (χ1) is 7.00. The smallest absolute Gasteiger partial charge is 0.308 e. The minimum Gasteiger partial charge on any atom is -0.481 e. The average Bonchev–Trinajstić information content (AvgIpc) is 2.19. The molecule has 0 amide bonds. The van der Waals surface area contributed by atoms with Crippen LogP contribution in [0.25, 0.3) is 0 Å². The van der Waals surface area contributed by atoms with E-state index in [0.717, 1.165) is 13.7 Å². The van der Waals surface area contributed by atoms with E-state index in [1.54, 1.807) is 6.92 Å². The summed E-state index contributed by atoms with van der Waals surface area (Å²) in [6, 6.07) is 5.83. The van der Waals surface area contributed by atoms with E-state index in [2.05, 4.69) is 43.8 Å². The molecule has 0 saturated heterocycles. The van der Waals surface area contributed by atoms with E-state index in [1.807, 2.05) is 18.2 Å². The summed E-state index contributed by atoms with van der Waals surface area (Å²) >= 11 is 5.62. The average molecular weight is 384 g/mol. The molecule has 0 heterocycles. The number of nitrogens with one attached hydrogen (secondary N) is 1. The first-order valence-electron chi connectivity index (χ1n) is 4.42. The molecule has 0 radical (unpaired) electrons. The van der Waals surface area contributed by atoms with Crippen LogP contribution in [0, 0.1) is 9.49 Å². The fraction of sp³-hybridized carbons (Fsp3) is 0.300. The normalized spacial score (nSPS) is 12.2. The third kappa shape index (κ3) is 3.98. The van der Waals surface area contributed by atoms with E-state index in [1.165, 1.54) is 0 Å². The van der Waals surface area contributed by atoms with Crippen LogP contribution < -0.4 is 5.32 Å². The van der Waals surface area contributed by atoms with Gasteiger partial charge in [-0.1, -0.05) is 6.92 Å². The Balaban J connectivity index is 2.58. The highest BCUT2D eigenvalue weighted by Crippen LogP contribution is 2.22. The highest BCUT2D eigenvalue weighted by Gasteiger charge is 2.10. The number of anilines is 1. The molecule has 1 aromatic carbocycles. The van der Waals surface area contributed by atoms with E-state index in [-0.39, 0.29) is 5.92 Å². The van der Waals surface area contributed by atoms with Crippen molar-refractivity contribution in [1.29, 1.82) is 0 Å². The van der Waals surface area contributed by atoms with Gasteiger partial charge in [0, 0.05) is 20.3 Å². The number of rotatable bonds is 4. The zero-order valence-corrected chi connectivity index (χ0v) is 11.9. The highest BCUT2D eigenvalue weighted by atomic mass is 127. The van der Waals surface area contributed by atoms with Crippen LogP contribution in [0.4, 0.5) is 5.69 Å². The topological polar surface area (TPSA) is 49.3 Å². The van der Waals surface area contributed by atoms with Crippen LogP contribution in [0.5, 0.6) is 0 Å². The summed E-state index contributed by atoms with van der Waals surface area (Å²) in [6.45, 7) is 2.12. The summed E-state index contributed by atoms with van der Waals surface area (Å²) in [6.07, 6.45) is 0. The molecule has 0 spiro atoms. The number of carboxylic acids is 1. The van der Waals surface area contributed by atoms with Crippen molar-refractivity contribution in [2.45, 2.75) is 6.92 Å². The van der Waals surface area contributed by atoms with Crippen LogP contribution in [-0.2, 0) is 4.79 Å². The third-order valence-corrected chi connectivity index (χ3v) is 4.28. The number of halogens is 2. The standard InChI is InChI=1S/C10H11BrINO2/c1-6(10(14)15)5-13-7-2-3-8(11)9(12)4-7/h2-4,6,13H,5H2,1H3,(H,14,15). The van der Waals surface area contributed by atoms with Gasteiger partial charge in [0.25, 0.3) is 0 Å². The molecule has 0 fully saturated rings. The number of carboxylic acid groups (broad SMARTS) is 1. The number of hydrogen-bond acceptors (Lipinski definition) is 2. The van der Waals surface area contributed by atoms with Crippen LogP contribution in [0.3, 0.4) is 0 Å². The van der Waals surface area contributed by atoms with Crippen LogP contribution in [-0.4, -0.2) is 17.6 Å². The van der Waals surface area contributed by atoms with Crippen molar-refractivity contribution in [3.8, 4) is 0 Å². The van der Waals surface area contributed by atoms with Gasteiger partial charge in [-0.25, -0.2) is 0 Å². The zero-order chi connectivity index (χ0) is 11.4. The first-order valence-corrected chi connectivity index (χ1v) is 6.29. The lowest BCUT2D eigenvalue weighted by Gasteiger charge is -2.10. The fourth-order valence-electron chi connectivity index (χ4n) is 0.964. The number of hydrogen-bond donors (Lipinski definition) is 2. The summed E-state index contributed by atoms with van der Waals surface area (Å²) in [5, 5.41) is 11.8. The molecule has 1 rings (SSSR count). The molecule has 15 heavy (non-hydrogen) atoms. The van der Waals surface area contributed by atoms with Gasteiger partial charge in [0.05, 0.1) is 5.92 Å². The Bertz CT molecular complexity index is 370. The van der Waals surface area contributed by atoms with Gasteiger partial charge in [0.2, 0.25) is 0 Å². The van der Waals surface area contributed by atoms with Crippen molar-refractivity contribution in [2.75, 3.05) is 11.9 Å². The van der Waals surface area contributed by atoms with Gasteiger partial charge in [-0.15, -0.1) is 0 Å². The molecule has 0 aliphatic carbocycles. The molecule has 0 aliphatic heterocycles. The maximum absolute atomic E-state index is 10.6. The molecule has 2 N–H and O–H groups in total. The summed E-state index contributed by atoms with van der Waals surface area (Å²) in [5.74, 6) is -1.17. The van der Waals surface area contributed by atoms with E-state index in [9.17, 15) is 4.79 Å². The summed E-state index contributed by atoms with van der Waals surface area (Å²) in [4.78, 5) is 10.6. The van der Waals surface area contributed by atoms with Crippen molar-refractivity contribution < 1.29 is 9.90 Å². The second-order valence-corrected chi connectivity index (χ2v) is 5.27. The summed E-state index contributed by atoms with van der Waals surface area (Å²) < 4.78 is 2.14. The Kier molecular flexibility index (Phi) is 4.85. The Hall–Kier alpha value is -0.300. The summed E-state index contributed by atoms with van der Waals surface area (Å²) in [5.41, 5.74) is 0.940.